The molecule has 3 fully saturated rings. The molecule has 0 aromatic carbocycles. The topological polar surface area (TPSA) is 111 Å². The number of unbranched alkanes of at least 4 members (excludes halogenated alkanes) is 1. The van der Waals surface area contributed by atoms with Gasteiger partial charge >= 0.3 is 198 Å². The molecule has 0 radical (unpaired) electrons. The molecule has 0 amide bonds. The van der Waals surface area contributed by atoms with E-state index in [2.05, 4.69) is 14.7 Å². The maximum atomic E-state index is 11.8. The van der Waals surface area contributed by atoms with Gasteiger partial charge < -0.3 is 0 Å². The van der Waals surface area contributed by atoms with Gasteiger partial charge in [-0.1, -0.05) is 13.3 Å². The molecule has 0 aromatic rings. The molecule has 3 aliphatic heterocycles. The fourth-order valence-electron chi connectivity index (χ4n) is 4.43. The molecule has 4 unspecified atom stereocenters. The summed E-state index contributed by atoms with van der Waals surface area (Å²) >= 11 is 1.97. The molecule has 3 rings (SSSR count). The van der Waals surface area contributed by atoms with Crippen LogP contribution in [0.15, 0.2) is 0 Å². The minimum absolute atomic E-state index is 0.345. The van der Waals surface area contributed by atoms with E-state index in [9.17, 15) is 9.90 Å². The van der Waals surface area contributed by atoms with Crippen molar-refractivity contribution >= 4 is 42.3 Å². The van der Waals surface area contributed by atoms with E-state index in [1.54, 1.807) is 6.92 Å². The van der Waals surface area contributed by atoms with E-state index in [0.29, 0.717) is 6.61 Å². The van der Waals surface area contributed by atoms with Gasteiger partial charge in [0.05, 0.1) is 0 Å². The number of hydrogen-bond donors (Lipinski definition) is 1. The summed E-state index contributed by atoms with van der Waals surface area (Å²) < 4.78 is 47.8. The number of ether oxygens (including phenoxy) is 7. The van der Waals surface area contributed by atoms with Crippen molar-refractivity contribution in [1.29, 1.82) is 0 Å². The molecular weight excluding hydrogens is 602 g/mol. The van der Waals surface area contributed by atoms with Gasteiger partial charge in [0, 0.05) is 0 Å². The molecule has 0 aliphatic carbocycles. The molecule has 0 bridgehead atoms. The van der Waals surface area contributed by atoms with Crippen molar-refractivity contribution in [2.75, 3.05) is 6.61 Å². The Morgan fingerprint density at radius 2 is 1.71 bits per heavy atom. The third-order valence-electron chi connectivity index (χ3n) is 5.89. The van der Waals surface area contributed by atoms with E-state index < -0.39 is 68.3 Å². The Balaban J connectivity index is 1.83. The number of aliphatic hydroxyl groups is 1. The molecule has 1 N–H and O–H groups in total. The average molecular weight is 637 g/mol. The predicted molar refractivity (Wildman–Crippen MR) is 133 cm³/mol. The van der Waals surface area contributed by atoms with Gasteiger partial charge in [0.1, 0.15) is 0 Å². The number of fused-ring (bicyclic) bond motifs is 1. The van der Waals surface area contributed by atoms with Crippen LogP contribution < -0.4 is 0 Å². The molecule has 10 atom stereocenters. The van der Waals surface area contributed by atoms with Crippen LogP contribution in [0, 0.1) is 0 Å². The van der Waals surface area contributed by atoms with Gasteiger partial charge in [0.15, 0.2) is 0 Å². The predicted octanol–water partition coefficient (Wildman–Crippen LogP) is 3.08. The number of carbonyl (C=O) groups excluding carboxylic acids is 1. The first-order valence-electron chi connectivity index (χ1n) is 11.5. The van der Waals surface area contributed by atoms with Crippen LogP contribution in [0.3, 0.4) is 0 Å². The van der Waals surface area contributed by atoms with Crippen molar-refractivity contribution in [3.63, 3.8) is 0 Å². The van der Waals surface area contributed by atoms with Crippen LogP contribution in [0.4, 0.5) is 0 Å². The fraction of sp³-hybridized carbons (Fsp3) is 0.952. The van der Waals surface area contributed by atoms with Gasteiger partial charge in [0.25, 0.3) is 0 Å². The van der Waals surface area contributed by atoms with E-state index >= 15 is 0 Å². The van der Waals surface area contributed by atoms with Crippen molar-refractivity contribution < 1.29 is 47.2 Å². The third kappa shape index (κ3) is 7.15. The van der Waals surface area contributed by atoms with E-state index in [4.69, 9.17) is 37.3 Å². The minimum atomic E-state index is -1.27. The van der Waals surface area contributed by atoms with Gasteiger partial charge in [-0.05, 0) is 6.42 Å². The second-order valence-electron chi connectivity index (χ2n) is 9.14. The Labute approximate surface area is 217 Å². The van der Waals surface area contributed by atoms with Crippen LogP contribution in [0.1, 0.15) is 54.4 Å². The Morgan fingerprint density at radius 3 is 2.32 bits per heavy atom. The molecule has 3 heterocycles. The van der Waals surface area contributed by atoms with Crippen LogP contribution in [-0.2, 0) is 49.5 Å². The molecule has 3 saturated heterocycles. The van der Waals surface area contributed by atoms with Gasteiger partial charge in [-0.2, -0.15) is 0 Å². The summed E-state index contributed by atoms with van der Waals surface area (Å²) in [5, 5.41) is 11.1. The van der Waals surface area contributed by atoms with Crippen LogP contribution in [-0.4, -0.2) is 84.9 Å². The Hall–Kier alpha value is 0.660. The molecule has 0 aromatic heterocycles. The molecule has 0 saturated carbocycles. The fourth-order valence-corrected chi connectivity index (χ4v) is 5.61. The van der Waals surface area contributed by atoms with E-state index in [-0.39, 0.29) is 12.2 Å². The number of carbonyl (C=O) groups is 1. The molecule has 34 heavy (non-hydrogen) atoms. The molecular formula is C21H35IO10PS-. The first-order chi connectivity index (χ1) is 15.9. The Bertz CT molecular complexity index is 778. The number of hydrogen-bond acceptors (Lipinski definition) is 11. The number of esters is 1. The SMILES string of the molecule is CCCCO[C@H]1C(C)O[C@@H](OC2[C@@H](OC(C)=O)C(C)O[C@@H](O[S-](#P)I)[C@@H]2O)[C@H]2OC(C)(C)OC12. The van der Waals surface area contributed by atoms with Crippen molar-refractivity contribution in [2.24, 2.45) is 0 Å². The maximum absolute atomic E-state index is 11.8. The van der Waals surface area contributed by atoms with Gasteiger partial charge in [-0.3, -0.25) is 0 Å². The van der Waals surface area contributed by atoms with Crippen LogP contribution in [0.5, 0.6) is 0 Å². The number of halogens is 1. The van der Waals surface area contributed by atoms with Crippen LogP contribution in [0.2, 0.25) is 0 Å². The van der Waals surface area contributed by atoms with Gasteiger partial charge in [0.2, 0.25) is 0 Å². The van der Waals surface area contributed by atoms with Gasteiger partial charge in [-0.15, -0.1) is 0 Å². The van der Waals surface area contributed by atoms with Crippen molar-refractivity contribution in [2.45, 2.75) is 122 Å². The van der Waals surface area contributed by atoms with Crippen molar-refractivity contribution in [1.82, 2.24) is 0 Å². The second kappa shape index (κ2) is 12.5. The zero-order valence-corrected chi connectivity index (χ0v) is 24.1. The van der Waals surface area contributed by atoms with Crippen molar-refractivity contribution in [3.8, 4) is 0 Å². The molecule has 0 spiro atoms. The normalized spacial score (nSPS) is 41.9. The average Bonchev–Trinajstić information content (AvgIpc) is 3.05. The summed E-state index contributed by atoms with van der Waals surface area (Å²) in [6.07, 6.45) is -5.57. The third-order valence-corrected chi connectivity index (χ3v) is 7.12. The molecule has 10 nitrogen and oxygen atoms in total. The summed E-state index contributed by atoms with van der Waals surface area (Å²) in [7, 11) is 3.44. The first kappa shape index (κ1) is 29.2. The zero-order chi connectivity index (χ0) is 25.2. The Kier molecular flexibility index (Phi) is 10.7. The Morgan fingerprint density at radius 1 is 1.09 bits per heavy atom. The summed E-state index contributed by atoms with van der Waals surface area (Å²) in [6, 6.07) is 0. The summed E-state index contributed by atoms with van der Waals surface area (Å²) in [4.78, 5) is 11.8. The molecule has 198 valence electrons. The van der Waals surface area contributed by atoms with Crippen LogP contribution in [0.25, 0.3) is 0 Å². The van der Waals surface area contributed by atoms with E-state index in [1.165, 1.54) is 6.92 Å². The summed E-state index contributed by atoms with van der Waals surface area (Å²) in [6.45, 7) is 11.2. The quantitative estimate of drug-likeness (QED) is 0.140. The zero-order valence-electron chi connectivity index (χ0n) is 20.2. The molecule has 13 heteroatoms. The van der Waals surface area contributed by atoms with Gasteiger partial charge in [-0.25, -0.2) is 0 Å². The number of aliphatic hydroxyl groups excluding tert-OH is 1. The van der Waals surface area contributed by atoms with Crippen molar-refractivity contribution in [3.05, 3.63) is 0 Å². The first-order valence-corrected chi connectivity index (χ1v) is 16.2. The monoisotopic (exact) mass is 637 g/mol. The summed E-state index contributed by atoms with van der Waals surface area (Å²) in [5.74, 6) is -1.40. The summed E-state index contributed by atoms with van der Waals surface area (Å²) in [5.41, 5.74) is 0. The molecule has 3 aliphatic rings. The standard InChI is InChI=1S/C21H35IO10PS/c1-7-8-9-25-14-10(2)27-20(18-17(14)30-21(5,6)31-18)29-16-13(24)19(32-34(22)33)26-11(3)15(16)28-12(4)23/h10-11,13-20,24H,7-9H2,1-6H3/q-1/t10?,11?,13-,14+,15+,16?,17?,18+,19+,20+/m1/s1. The van der Waals surface area contributed by atoms with E-state index in [0.717, 1.165) is 12.8 Å². The number of rotatable bonds is 8. The van der Waals surface area contributed by atoms with Crippen LogP contribution >= 0.6 is 29.0 Å². The van der Waals surface area contributed by atoms with E-state index in [1.807, 2.05) is 42.0 Å². The second-order valence-corrected chi connectivity index (χ2v) is 15.2.